The molecule has 0 spiro atoms. The largest absolute Gasteiger partial charge is 0.271 e. The van der Waals surface area contributed by atoms with Crippen molar-refractivity contribution in [2.45, 2.75) is 6.92 Å². The van der Waals surface area contributed by atoms with Gasteiger partial charge in [0, 0.05) is 26.9 Å². The van der Waals surface area contributed by atoms with Gasteiger partial charge in [0.05, 0.1) is 6.21 Å². The number of aromatic nitrogens is 1. The second-order valence-corrected chi connectivity index (χ2v) is 5.75. The minimum atomic E-state index is -0.270. The maximum atomic E-state index is 11.8. The molecule has 0 saturated carbocycles. The molecule has 1 aromatic carbocycles. The third kappa shape index (κ3) is 3.74. The number of halogens is 2. The first kappa shape index (κ1) is 14.9. The summed E-state index contributed by atoms with van der Waals surface area (Å²) in [4.78, 5) is 15.6. The van der Waals surface area contributed by atoms with Gasteiger partial charge in [-0.25, -0.2) is 5.43 Å². The van der Waals surface area contributed by atoms with Gasteiger partial charge in [-0.2, -0.15) is 5.10 Å². The lowest BCUT2D eigenvalue weighted by atomic mass is 10.2. The van der Waals surface area contributed by atoms with Crippen molar-refractivity contribution in [2.75, 3.05) is 0 Å². The highest BCUT2D eigenvalue weighted by Gasteiger charge is 2.03. The van der Waals surface area contributed by atoms with Crippen LogP contribution in [0.15, 0.2) is 50.7 Å². The van der Waals surface area contributed by atoms with Crippen LogP contribution in [0.5, 0.6) is 0 Å². The molecule has 0 radical (unpaired) electrons. The molecule has 0 fully saturated rings. The summed E-state index contributed by atoms with van der Waals surface area (Å²) in [5, 5.41) is 3.94. The molecule has 4 nitrogen and oxygen atoms in total. The third-order valence-electron chi connectivity index (χ3n) is 2.63. The van der Waals surface area contributed by atoms with Gasteiger partial charge in [-0.3, -0.25) is 9.78 Å². The summed E-state index contributed by atoms with van der Waals surface area (Å²) in [6, 6.07) is 7.12. The van der Waals surface area contributed by atoms with E-state index in [4.69, 9.17) is 0 Å². The second kappa shape index (κ2) is 6.76. The van der Waals surface area contributed by atoms with E-state index in [9.17, 15) is 4.79 Å². The van der Waals surface area contributed by atoms with E-state index in [1.54, 1.807) is 30.7 Å². The molecule has 0 atom stereocenters. The van der Waals surface area contributed by atoms with Crippen LogP contribution in [-0.4, -0.2) is 17.1 Å². The first-order chi connectivity index (χ1) is 9.58. The van der Waals surface area contributed by atoms with Crippen molar-refractivity contribution in [3.05, 3.63) is 62.3 Å². The minimum Gasteiger partial charge on any atom is -0.267 e. The van der Waals surface area contributed by atoms with Gasteiger partial charge in [0.1, 0.15) is 0 Å². The van der Waals surface area contributed by atoms with Crippen LogP contribution in [0.2, 0.25) is 0 Å². The Morgan fingerprint density at radius 2 is 1.85 bits per heavy atom. The zero-order chi connectivity index (χ0) is 14.5. The topological polar surface area (TPSA) is 54.4 Å². The van der Waals surface area contributed by atoms with Gasteiger partial charge in [0.2, 0.25) is 0 Å². The zero-order valence-electron chi connectivity index (χ0n) is 10.6. The third-order valence-corrected chi connectivity index (χ3v) is 4.27. The minimum absolute atomic E-state index is 0.270. The van der Waals surface area contributed by atoms with Crippen LogP contribution in [0.3, 0.4) is 0 Å². The Morgan fingerprint density at radius 3 is 2.45 bits per heavy atom. The Kier molecular flexibility index (Phi) is 5.03. The standard InChI is InChI=1S/C14H11Br2N3O/c1-9-12(15)6-10(7-13(9)16)8-18-19-14(20)11-2-4-17-5-3-11/h2-8H,1H3,(H,19,20)/b18-8+. The predicted octanol–water partition coefficient (Wildman–Crippen LogP) is 3.68. The molecule has 6 heteroatoms. The summed E-state index contributed by atoms with van der Waals surface area (Å²) in [5.74, 6) is -0.270. The Bertz CT molecular complexity index is 634. The first-order valence-corrected chi connectivity index (χ1v) is 7.35. The Labute approximate surface area is 133 Å². The average molecular weight is 397 g/mol. The van der Waals surface area contributed by atoms with Crippen molar-refractivity contribution in [1.29, 1.82) is 0 Å². The van der Waals surface area contributed by atoms with E-state index in [2.05, 4.69) is 47.4 Å². The van der Waals surface area contributed by atoms with E-state index in [-0.39, 0.29) is 5.91 Å². The number of nitrogens with one attached hydrogen (secondary N) is 1. The number of carbonyl (C=O) groups is 1. The van der Waals surface area contributed by atoms with E-state index in [1.165, 1.54) is 0 Å². The molecular weight excluding hydrogens is 386 g/mol. The number of hydrogen-bond donors (Lipinski definition) is 1. The van der Waals surface area contributed by atoms with Gasteiger partial charge >= 0.3 is 0 Å². The normalized spacial score (nSPS) is 10.8. The molecule has 1 heterocycles. The maximum Gasteiger partial charge on any atom is 0.271 e. The molecule has 2 rings (SSSR count). The fraction of sp³-hybridized carbons (Fsp3) is 0.0714. The molecule has 0 saturated heterocycles. The smallest absolute Gasteiger partial charge is 0.267 e. The Hall–Kier alpha value is -1.53. The van der Waals surface area contributed by atoms with Crippen LogP contribution >= 0.6 is 31.9 Å². The molecule has 2 aromatic rings. The van der Waals surface area contributed by atoms with Crippen LogP contribution < -0.4 is 5.43 Å². The van der Waals surface area contributed by atoms with Crippen LogP contribution in [0, 0.1) is 6.92 Å². The van der Waals surface area contributed by atoms with Gasteiger partial charge in [-0.05, 0) is 42.3 Å². The quantitative estimate of drug-likeness (QED) is 0.635. The fourth-order valence-corrected chi connectivity index (χ4v) is 2.69. The number of hydrogen-bond acceptors (Lipinski definition) is 3. The molecule has 20 heavy (non-hydrogen) atoms. The number of hydrazone groups is 1. The maximum absolute atomic E-state index is 11.8. The number of pyridine rings is 1. The molecule has 1 amide bonds. The van der Waals surface area contributed by atoms with E-state index < -0.39 is 0 Å². The number of nitrogens with zero attached hydrogens (tertiary/aromatic N) is 2. The van der Waals surface area contributed by atoms with Crippen LogP contribution in [0.4, 0.5) is 0 Å². The molecule has 0 aliphatic carbocycles. The number of carbonyl (C=O) groups excluding carboxylic acids is 1. The van der Waals surface area contributed by atoms with Crippen LogP contribution in [0.1, 0.15) is 21.5 Å². The van der Waals surface area contributed by atoms with Crippen LogP contribution in [-0.2, 0) is 0 Å². The first-order valence-electron chi connectivity index (χ1n) is 5.77. The van der Waals surface area contributed by atoms with Crippen molar-refractivity contribution < 1.29 is 4.79 Å². The molecule has 0 aliphatic heterocycles. The SMILES string of the molecule is Cc1c(Br)cc(/C=N/NC(=O)c2ccncc2)cc1Br. The molecule has 0 aliphatic rings. The van der Waals surface area contributed by atoms with E-state index in [0.29, 0.717) is 5.56 Å². The zero-order valence-corrected chi connectivity index (χ0v) is 13.8. The average Bonchev–Trinajstić information content (AvgIpc) is 2.45. The van der Waals surface area contributed by atoms with Crippen molar-refractivity contribution in [2.24, 2.45) is 5.10 Å². The summed E-state index contributed by atoms with van der Waals surface area (Å²) >= 11 is 6.94. The Balaban J connectivity index is 2.06. The van der Waals surface area contributed by atoms with E-state index >= 15 is 0 Å². The van der Waals surface area contributed by atoms with E-state index in [0.717, 1.165) is 20.1 Å². The molecule has 1 N–H and O–H groups in total. The van der Waals surface area contributed by atoms with Crippen molar-refractivity contribution in [1.82, 2.24) is 10.4 Å². The monoisotopic (exact) mass is 395 g/mol. The summed E-state index contributed by atoms with van der Waals surface area (Å²) < 4.78 is 1.96. The predicted molar refractivity (Wildman–Crippen MR) is 85.9 cm³/mol. The summed E-state index contributed by atoms with van der Waals surface area (Å²) in [6.45, 7) is 2.00. The van der Waals surface area contributed by atoms with Gasteiger partial charge < -0.3 is 0 Å². The number of rotatable bonds is 3. The summed E-state index contributed by atoms with van der Waals surface area (Å²) in [7, 11) is 0. The molecular formula is C14H11Br2N3O. The summed E-state index contributed by atoms with van der Waals surface area (Å²) in [5.41, 5.74) is 4.98. The van der Waals surface area contributed by atoms with Crippen molar-refractivity contribution >= 4 is 44.0 Å². The number of amides is 1. The lowest BCUT2D eigenvalue weighted by molar-refractivity contribution is 0.0955. The molecule has 102 valence electrons. The lowest BCUT2D eigenvalue weighted by Gasteiger charge is -2.03. The summed E-state index contributed by atoms with van der Waals surface area (Å²) in [6.07, 6.45) is 4.72. The van der Waals surface area contributed by atoms with Crippen molar-refractivity contribution in [3.8, 4) is 0 Å². The van der Waals surface area contributed by atoms with E-state index in [1.807, 2.05) is 19.1 Å². The fourth-order valence-electron chi connectivity index (χ4n) is 1.47. The van der Waals surface area contributed by atoms with Gasteiger partial charge in [-0.15, -0.1) is 0 Å². The number of benzene rings is 1. The Morgan fingerprint density at radius 1 is 1.25 bits per heavy atom. The van der Waals surface area contributed by atoms with Crippen molar-refractivity contribution in [3.63, 3.8) is 0 Å². The highest BCUT2D eigenvalue weighted by Crippen LogP contribution is 2.25. The van der Waals surface area contributed by atoms with Crippen LogP contribution in [0.25, 0.3) is 0 Å². The lowest BCUT2D eigenvalue weighted by Crippen LogP contribution is -2.17. The van der Waals surface area contributed by atoms with Gasteiger partial charge in [-0.1, -0.05) is 31.9 Å². The second-order valence-electron chi connectivity index (χ2n) is 4.04. The van der Waals surface area contributed by atoms with Gasteiger partial charge in [0.25, 0.3) is 5.91 Å². The molecule has 1 aromatic heterocycles. The highest BCUT2D eigenvalue weighted by atomic mass is 79.9. The molecule has 0 bridgehead atoms. The molecule has 0 unspecified atom stereocenters. The highest BCUT2D eigenvalue weighted by molar-refractivity contribution is 9.11. The van der Waals surface area contributed by atoms with Gasteiger partial charge in [0.15, 0.2) is 0 Å².